The lowest BCUT2D eigenvalue weighted by molar-refractivity contribution is 0.0867. The average Bonchev–Trinajstić information content (AvgIpc) is 2.36. The Morgan fingerprint density at radius 1 is 1.44 bits per heavy atom. The van der Waals surface area contributed by atoms with Crippen LogP contribution in [-0.2, 0) is 4.74 Å². The third-order valence-corrected chi connectivity index (χ3v) is 3.27. The van der Waals surface area contributed by atoms with Crippen LogP contribution in [0, 0.1) is 6.92 Å². The van der Waals surface area contributed by atoms with E-state index in [2.05, 4.69) is 21.2 Å². The molecule has 0 heterocycles. The van der Waals surface area contributed by atoms with Gasteiger partial charge in [0.25, 0.3) is 5.91 Å². The lowest BCUT2D eigenvalue weighted by Crippen LogP contribution is -2.25. The molecule has 0 atom stereocenters. The summed E-state index contributed by atoms with van der Waals surface area (Å²) in [6.45, 7) is 3.46. The highest BCUT2D eigenvalue weighted by Gasteiger charge is 2.06. The Labute approximate surface area is 115 Å². The van der Waals surface area contributed by atoms with Crippen molar-refractivity contribution in [2.24, 2.45) is 0 Å². The molecule has 0 aliphatic heterocycles. The summed E-state index contributed by atoms with van der Waals surface area (Å²) >= 11 is 3.40. The van der Waals surface area contributed by atoms with Crippen molar-refractivity contribution in [3.63, 3.8) is 0 Å². The Hall–Kier alpha value is -0.910. The molecule has 0 aliphatic rings. The zero-order valence-electron chi connectivity index (χ0n) is 10.4. The second-order valence-corrected chi connectivity index (χ2v) is 4.76. The number of benzene rings is 1. The maximum Gasteiger partial charge on any atom is 0.251 e. The first-order valence-electron chi connectivity index (χ1n) is 5.88. The second kappa shape index (κ2) is 8.24. The Morgan fingerprint density at radius 2 is 2.22 bits per heavy atom. The van der Waals surface area contributed by atoms with Gasteiger partial charge >= 0.3 is 0 Å². The van der Waals surface area contributed by atoms with E-state index in [0.29, 0.717) is 25.3 Å². The van der Waals surface area contributed by atoms with Gasteiger partial charge in [0.15, 0.2) is 0 Å². The SMILES string of the molecule is Cc1ccc(C(=O)NCCCOCCO)cc1Br. The molecule has 4 nitrogen and oxygen atoms in total. The molecule has 0 radical (unpaired) electrons. The molecule has 5 heteroatoms. The van der Waals surface area contributed by atoms with Gasteiger partial charge in [-0.05, 0) is 31.0 Å². The molecule has 100 valence electrons. The second-order valence-electron chi connectivity index (χ2n) is 3.91. The van der Waals surface area contributed by atoms with Gasteiger partial charge < -0.3 is 15.2 Å². The van der Waals surface area contributed by atoms with Gasteiger partial charge in [-0.2, -0.15) is 0 Å². The van der Waals surface area contributed by atoms with Crippen LogP contribution in [0.4, 0.5) is 0 Å². The normalized spacial score (nSPS) is 10.4. The van der Waals surface area contributed by atoms with Gasteiger partial charge in [0.2, 0.25) is 0 Å². The Bertz CT molecular complexity index is 396. The summed E-state index contributed by atoms with van der Waals surface area (Å²) in [5, 5.41) is 11.3. The summed E-state index contributed by atoms with van der Waals surface area (Å²) in [5.41, 5.74) is 1.74. The van der Waals surface area contributed by atoms with Gasteiger partial charge in [-0.25, -0.2) is 0 Å². The van der Waals surface area contributed by atoms with Crippen LogP contribution in [-0.4, -0.2) is 37.4 Å². The summed E-state index contributed by atoms with van der Waals surface area (Å²) in [7, 11) is 0. The van der Waals surface area contributed by atoms with Crippen LogP contribution in [0.5, 0.6) is 0 Å². The first kappa shape index (κ1) is 15.1. The van der Waals surface area contributed by atoms with E-state index in [1.807, 2.05) is 19.1 Å². The molecule has 0 aromatic heterocycles. The number of amides is 1. The Balaban J connectivity index is 2.30. The number of hydrogen-bond acceptors (Lipinski definition) is 3. The van der Waals surface area contributed by atoms with Crippen LogP contribution in [0.25, 0.3) is 0 Å². The number of hydrogen-bond donors (Lipinski definition) is 2. The molecule has 2 N–H and O–H groups in total. The van der Waals surface area contributed by atoms with Crippen molar-refractivity contribution in [1.82, 2.24) is 5.32 Å². The van der Waals surface area contributed by atoms with Crippen molar-refractivity contribution in [1.29, 1.82) is 0 Å². The lowest BCUT2D eigenvalue weighted by atomic mass is 10.1. The Morgan fingerprint density at radius 3 is 2.89 bits per heavy atom. The molecule has 0 unspecified atom stereocenters. The smallest absolute Gasteiger partial charge is 0.251 e. The van der Waals surface area contributed by atoms with Crippen molar-refractivity contribution in [2.75, 3.05) is 26.4 Å². The van der Waals surface area contributed by atoms with Gasteiger partial charge in [0, 0.05) is 23.2 Å². The van der Waals surface area contributed by atoms with Gasteiger partial charge in [-0.3, -0.25) is 4.79 Å². The number of halogens is 1. The molecular formula is C13H18BrNO3. The molecule has 1 amide bonds. The third-order valence-electron chi connectivity index (χ3n) is 2.42. The van der Waals surface area contributed by atoms with E-state index in [4.69, 9.17) is 9.84 Å². The first-order chi connectivity index (χ1) is 8.65. The van der Waals surface area contributed by atoms with Gasteiger partial charge in [-0.1, -0.05) is 22.0 Å². The summed E-state index contributed by atoms with van der Waals surface area (Å²) in [6.07, 6.45) is 0.735. The first-order valence-corrected chi connectivity index (χ1v) is 6.67. The summed E-state index contributed by atoms with van der Waals surface area (Å²) in [4.78, 5) is 11.8. The van der Waals surface area contributed by atoms with E-state index in [9.17, 15) is 4.79 Å². The van der Waals surface area contributed by atoms with Crippen molar-refractivity contribution >= 4 is 21.8 Å². The van der Waals surface area contributed by atoms with Crippen LogP contribution in [0.1, 0.15) is 22.3 Å². The summed E-state index contributed by atoms with van der Waals surface area (Å²) < 4.78 is 6.03. The molecule has 0 saturated heterocycles. The van der Waals surface area contributed by atoms with Crippen molar-refractivity contribution in [2.45, 2.75) is 13.3 Å². The summed E-state index contributed by atoms with van der Waals surface area (Å²) in [6, 6.07) is 5.52. The number of carbonyl (C=O) groups excluding carboxylic acids is 1. The Kier molecular flexibility index (Phi) is 6.93. The van der Waals surface area contributed by atoms with Crippen LogP contribution in [0.2, 0.25) is 0 Å². The zero-order chi connectivity index (χ0) is 13.4. The van der Waals surface area contributed by atoms with Crippen LogP contribution < -0.4 is 5.32 Å². The van der Waals surface area contributed by atoms with Gasteiger partial charge in [-0.15, -0.1) is 0 Å². The molecule has 1 rings (SSSR count). The zero-order valence-corrected chi connectivity index (χ0v) is 12.0. The molecular weight excluding hydrogens is 298 g/mol. The van der Waals surface area contributed by atoms with Crippen molar-refractivity contribution in [3.8, 4) is 0 Å². The highest BCUT2D eigenvalue weighted by atomic mass is 79.9. The van der Waals surface area contributed by atoms with E-state index in [0.717, 1.165) is 16.5 Å². The van der Waals surface area contributed by atoms with E-state index in [-0.39, 0.29) is 12.5 Å². The molecule has 0 spiro atoms. The maximum atomic E-state index is 11.8. The fourth-order valence-corrected chi connectivity index (χ4v) is 1.76. The minimum atomic E-state index is -0.0853. The molecule has 18 heavy (non-hydrogen) atoms. The van der Waals surface area contributed by atoms with E-state index in [1.165, 1.54) is 0 Å². The lowest BCUT2D eigenvalue weighted by Gasteiger charge is -2.07. The average molecular weight is 316 g/mol. The number of rotatable bonds is 7. The monoisotopic (exact) mass is 315 g/mol. The number of aliphatic hydroxyl groups is 1. The number of carbonyl (C=O) groups is 1. The number of aryl methyl sites for hydroxylation is 1. The van der Waals surface area contributed by atoms with Crippen LogP contribution in [0.15, 0.2) is 22.7 Å². The highest BCUT2D eigenvalue weighted by molar-refractivity contribution is 9.10. The molecule has 0 fully saturated rings. The van der Waals surface area contributed by atoms with E-state index in [1.54, 1.807) is 6.07 Å². The van der Waals surface area contributed by atoms with Crippen molar-refractivity contribution < 1.29 is 14.6 Å². The quantitative estimate of drug-likeness (QED) is 0.755. The number of aliphatic hydroxyl groups excluding tert-OH is 1. The standard InChI is InChI=1S/C13H18BrNO3/c1-10-3-4-11(9-12(10)14)13(17)15-5-2-7-18-8-6-16/h3-4,9,16H,2,5-8H2,1H3,(H,15,17). The predicted octanol–water partition coefficient (Wildman–Crippen LogP) is 1.89. The van der Waals surface area contributed by atoms with Gasteiger partial charge in [0.1, 0.15) is 0 Å². The fraction of sp³-hybridized carbons (Fsp3) is 0.462. The highest BCUT2D eigenvalue weighted by Crippen LogP contribution is 2.17. The molecule has 0 bridgehead atoms. The minimum absolute atomic E-state index is 0.0315. The van der Waals surface area contributed by atoms with E-state index < -0.39 is 0 Å². The van der Waals surface area contributed by atoms with Crippen LogP contribution in [0.3, 0.4) is 0 Å². The fourth-order valence-electron chi connectivity index (χ4n) is 1.38. The minimum Gasteiger partial charge on any atom is -0.394 e. The maximum absolute atomic E-state index is 11.8. The number of nitrogens with one attached hydrogen (secondary N) is 1. The molecule has 0 saturated carbocycles. The predicted molar refractivity (Wildman–Crippen MR) is 73.7 cm³/mol. The third kappa shape index (κ3) is 5.16. The number of ether oxygens (including phenoxy) is 1. The summed E-state index contributed by atoms with van der Waals surface area (Å²) in [5.74, 6) is -0.0853. The van der Waals surface area contributed by atoms with Crippen LogP contribution >= 0.6 is 15.9 Å². The van der Waals surface area contributed by atoms with E-state index >= 15 is 0 Å². The molecule has 1 aromatic rings. The van der Waals surface area contributed by atoms with Gasteiger partial charge in [0.05, 0.1) is 13.2 Å². The topological polar surface area (TPSA) is 58.6 Å². The molecule has 0 aliphatic carbocycles. The molecule has 1 aromatic carbocycles. The van der Waals surface area contributed by atoms with Crippen molar-refractivity contribution in [3.05, 3.63) is 33.8 Å². The largest absolute Gasteiger partial charge is 0.394 e.